The first-order valence-electron chi connectivity index (χ1n) is 9.88. The van der Waals surface area contributed by atoms with Crippen molar-refractivity contribution in [2.45, 2.75) is 38.2 Å². The molecule has 0 aliphatic carbocycles. The molecule has 0 spiro atoms. The van der Waals surface area contributed by atoms with Crippen molar-refractivity contribution in [2.75, 3.05) is 13.1 Å². The Balaban J connectivity index is 1.67. The fourth-order valence-corrected chi connectivity index (χ4v) is 4.00. The first-order valence-corrected chi connectivity index (χ1v) is 9.88. The van der Waals surface area contributed by atoms with Crippen LogP contribution in [0.2, 0.25) is 0 Å². The molecule has 5 nitrogen and oxygen atoms in total. The summed E-state index contributed by atoms with van der Waals surface area (Å²) < 4.78 is 13.1. The average molecular weight is 399 g/mol. The van der Waals surface area contributed by atoms with Gasteiger partial charge in [0.2, 0.25) is 5.91 Å². The zero-order chi connectivity index (χ0) is 20.9. The predicted octanol–water partition coefficient (Wildman–Crippen LogP) is 3.06. The number of aliphatic carboxylic acids is 1. The molecule has 1 saturated heterocycles. The van der Waals surface area contributed by atoms with E-state index in [-0.39, 0.29) is 31.1 Å². The number of hydrogen-bond donors (Lipinski definition) is 2. The lowest BCUT2D eigenvalue weighted by Gasteiger charge is -2.43. The first kappa shape index (κ1) is 21.0. The van der Waals surface area contributed by atoms with Crippen molar-refractivity contribution in [1.82, 2.24) is 4.90 Å². The molecule has 6 heteroatoms. The maximum absolute atomic E-state index is 13.1. The Labute approximate surface area is 169 Å². The molecule has 0 aromatic heterocycles. The van der Waals surface area contributed by atoms with Gasteiger partial charge in [0.15, 0.2) is 0 Å². The molecule has 2 aromatic rings. The summed E-state index contributed by atoms with van der Waals surface area (Å²) in [6, 6.07) is 15.5. The lowest BCUT2D eigenvalue weighted by molar-refractivity contribution is -0.166. The Hall–Kier alpha value is -2.73. The quantitative estimate of drug-likeness (QED) is 0.750. The van der Waals surface area contributed by atoms with E-state index in [2.05, 4.69) is 0 Å². The van der Waals surface area contributed by atoms with E-state index in [1.165, 1.54) is 17.0 Å². The van der Waals surface area contributed by atoms with E-state index < -0.39 is 17.5 Å². The van der Waals surface area contributed by atoms with Crippen LogP contribution in [0, 0.1) is 11.2 Å². The Kier molecular flexibility index (Phi) is 6.64. The van der Waals surface area contributed by atoms with Crippen LogP contribution in [0.1, 0.15) is 30.4 Å². The number of nitrogens with zero attached hydrogens (tertiary/aromatic N) is 1. The van der Waals surface area contributed by atoms with Gasteiger partial charge in [0, 0.05) is 13.1 Å². The predicted molar refractivity (Wildman–Crippen MR) is 107 cm³/mol. The molecule has 29 heavy (non-hydrogen) atoms. The normalized spacial score (nSPS) is 21.7. The topological polar surface area (TPSA) is 77.8 Å². The number of likely N-dealkylation sites (tertiary alicyclic amines) is 1. The minimum absolute atomic E-state index is 0.0156. The molecule has 0 radical (unpaired) electrons. The van der Waals surface area contributed by atoms with Crippen LogP contribution in [0.3, 0.4) is 0 Å². The molecular weight excluding hydrogens is 373 g/mol. The molecule has 1 heterocycles. The summed E-state index contributed by atoms with van der Waals surface area (Å²) in [7, 11) is 0. The summed E-state index contributed by atoms with van der Waals surface area (Å²) >= 11 is 0. The Morgan fingerprint density at radius 2 is 1.76 bits per heavy atom. The van der Waals surface area contributed by atoms with Crippen LogP contribution in [-0.2, 0) is 22.4 Å². The molecule has 3 rings (SSSR count). The summed E-state index contributed by atoms with van der Waals surface area (Å²) in [5.74, 6) is -1.65. The van der Waals surface area contributed by atoms with Crippen LogP contribution in [0.25, 0.3) is 0 Å². The third-order valence-corrected chi connectivity index (χ3v) is 5.76. The largest absolute Gasteiger partial charge is 0.481 e. The SMILES string of the molecule is O=C(Cc1ccc(F)cc1)N1CC[C@@H](O)[C@](CCCc2ccccc2)(C(=O)O)C1. The fourth-order valence-electron chi connectivity index (χ4n) is 4.00. The van der Waals surface area contributed by atoms with Gasteiger partial charge in [-0.3, -0.25) is 9.59 Å². The minimum Gasteiger partial charge on any atom is -0.481 e. The summed E-state index contributed by atoms with van der Waals surface area (Å²) in [5, 5.41) is 20.5. The molecule has 0 unspecified atom stereocenters. The van der Waals surface area contributed by atoms with Crippen LogP contribution in [-0.4, -0.2) is 46.2 Å². The van der Waals surface area contributed by atoms with Gasteiger partial charge >= 0.3 is 5.97 Å². The average Bonchev–Trinajstić information content (AvgIpc) is 2.71. The van der Waals surface area contributed by atoms with Gasteiger partial charge < -0.3 is 15.1 Å². The Bertz CT molecular complexity index is 840. The van der Waals surface area contributed by atoms with Gasteiger partial charge in [-0.2, -0.15) is 0 Å². The number of aliphatic hydroxyl groups is 1. The van der Waals surface area contributed by atoms with E-state index in [0.29, 0.717) is 31.4 Å². The number of piperidine rings is 1. The molecule has 2 atom stereocenters. The third-order valence-electron chi connectivity index (χ3n) is 5.76. The molecule has 154 valence electrons. The number of aliphatic hydroxyl groups excluding tert-OH is 1. The fraction of sp³-hybridized carbons (Fsp3) is 0.391. The zero-order valence-corrected chi connectivity index (χ0v) is 16.3. The number of carbonyl (C=O) groups excluding carboxylic acids is 1. The smallest absolute Gasteiger partial charge is 0.314 e. The highest BCUT2D eigenvalue weighted by Gasteiger charge is 2.49. The second kappa shape index (κ2) is 9.18. The lowest BCUT2D eigenvalue weighted by atomic mass is 9.73. The van der Waals surface area contributed by atoms with Crippen LogP contribution in [0.15, 0.2) is 54.6 Å². The zero-order valence-electron chi connectivity index (χ0n) is 16.3. The highest BCUT2D eigenvalue weighted by Crippen LogP contribution is 2.36. The van der Waals surface area contributed by atoms with Crippen LogP contribution < -0.4 is 0 Å². The van der Waals surface area contributed by atoms with Gasteiger partial charge in [0.25, 0.3) is 0 Å². The van der Waals surface area contributed by atoms with Crippen molar-refractivity contribution < 1.29 is 24.2 Å². The van der Waals surface area contributed by atoms with Gasteiger partial charge in [0.1, 0.15) is 11.2 Å². The number of carboxylic acids is 1. The van der Waals surface area contributed by atoms with Crippen LogP contribution in [0.5, 0.6) is 0 Å². The van der Waals surface area contributed by atoms with Gasteiger partial charge in [0.05, 0.1) is 12.5 Å². The molecule has 2 aromatic carbocycles. The van der Waals surface area contributed by atoms with Crippen molar-refractivity contribution >= 4 is 11.9 Å². The molecule has 0 bridgehead atoms. The maximum atomic E-state index is 13.1. The van der Waals surface area contributed by atoms with E-state index >= 15 is 0 Å². The Morgan fingerprint density at radius 1 is 1.07 bits per heavy atom. The highest BCUT2D eigenvalue weighted by molar-refractivity contribution is 5.81. The maximum Gasteiger partial charge on any atom is 0.314 e. The van der Waals surface area contributed by atoms with Crippen molar-refractivity contribution in [3.63, 3.8) is 0 Å². The first-order chi connectivity index (χ1) is 13.9. The van der Waals surface area contributed by atoms with E-state index in [1.807, 2.05) is 30.3 Å². The van der Waals surface area contributed by atoms with E-state index in [0.717, 1.165) is 5.56 Å². The standard InChI is InChI=1S/C23H26FNO4/c24-19-10-8-18(9-11-19)15-21(27)25-14-12-20(26)23(16-25,22(28)29)13-4-7-17-5-2-1-3-6-17/h1-3,5-6,8-11,20,26H,4,7,12-16H2,(H,28,29)/t20-,23-/m1/s1. The number of amides is 1. The second-order valence-corrected chi connectivity index (χ2v) is 7.72. The summed E-state index contributed by atoms with van der Waals surface area (Å²) in [6.45, 7) is 0.299. The lowest BCUT2D eigenvalue weighted by Crippen LogP contribution is -2.57. The number of hydrogen-bond acceptors (Lipinski definition) is 3. The summed E-state index contributed by atoms with van der Waals surface area (Å²) in [6.07, 6.45) is 0.923. The number of carbonyl (C=O) groups is 2. The molecule has 1 aliphatic rings. The molecule has 1 fully saturated rings. The molecule has 1 aliphatic heterocycles. The third kappa shape index (κ3) is 5.01. The second-order valence-electron chi connectivity index (χ2n) is 7.72. The molecule has 0 saturated carbocycles. The minimum atomic E-state index is -1.37. The van der Waals surface area contributed by atoms with E-state index in [1.54, 1.807) is 12.1 Å². The van der Waals surface area contributed by atoms with Crippen molar-refractivity contribution in [3.05, 3.63) is 71.5 Å². The van der Waals surface area contributed by atoms with Crippen molar-refractivity contribution in [2.24, 2.45) is 5.41 Å². The van der Waals surface area contributed by atoms with E-state index in [4.69, 9.17) is 0 Å². The Morgan fingerprint density at radius 3 is 2.41 bits per heavy atom. The molecular formula is C23H26FNO4. The highest BCUT2D eigenvalue weighted by atomic mass is 19.1. The van der Waals surface area contributed by atoms with Gasteiger partial charge in [-0.25, -0.2) is 4.39 Å². The van der Waals surface area contributed by atoms with Crippen LogP contribution in [0.4, 0.5) is 4.39 Å². The van der Waals surface area contributed by atoms with Gasteiger partial charge in [-0.05, 0) is 48.9 Å². The molecule has 2 N–H and O–H groups in total. The van der Waals surface area contributed by atoms with Crippen LogP contribution >= 0.6 is 0 Å². The summed E-state index contributed by atoms with van der Waals surface area (Å²) in [4.78, 5) is 26.4. The summed E-state index contributed by atoms with van der Waals surface area (Å²) in [5.41, 5.74) is 0.418. The number of halogens is 1. The van der Waals surface area contributed by atoms with Gasteiger partial charge in [-0.1, -0.05) is 42.5 Å². The van der Waals surface area contributed by atoms with Gasteiger partial charge in [-0.15, -0.1) is 0 Å². The number of aryl methyl sites for hydroxylation is 1. The van der Waals surface area contributed by atoms with Crippen molar-refractivity contribution in [3.8, 4) is 0 Å². The van der Waals surface area contributed by atoms with Crippen molar-refractivity contribution in [1.29, 1.82) is 0 Å². The molecule has 1 amide bonds. The van der Waals surface area contributed by atoms with E-state index in [9.17, 15) is 24.2 Å². The monoisotopic (exact) mass is 399 g/mol. The number of carboxylic acid groups (broad SMARTS) is 1. The number of benzene rings is 2. The number of rotatable bonds is 7.